The fraction of sp³-hybridized carbons (Fsp3) is 0.889. The molecule has 0 radical (unpaired) electrons. The molecule has 0 rings (SSSR count). The third-order valence-corrected chi connectivity index (χ3v) is 1.59. The number of carboxylic acids is 1. The van der Waals surface area contributed by atoms with E-state index in [0.29, 0.717) is 6.61 Å². The zero-order valence-electron chi connectivity index (χ0n) is 8.45. The van der Waals surface area contributed by atoms with Gasteiger partial charge in [-0.1, -0.05) is 13.3 Å². The molecular formula is C9H18O4. The summed E-state index contributed by atoms with van der Waals surface area (Å²) in [7, 11) is 0. The first-order valence-corrected chi connectivity index (χ1v) is 4.57. The van der Waals surface area contributed by atoms with Crippen LogP contribution in [0.1, 0.15) is 33.6 Å². The van der Waals surface area contributed by atoms with Crippen LogP contribution in [0.4, 0.5) is 0 Å². The van der Waals surface area contributed by atoms with E-state index in [9.17, 15) is 4.79 Å². The number of unbranched alkanes of at least 4 members (excludes halogenated alkanes) is 1. The highest BCUT2D eigenvalue weighted by atomic mass is 16.7. The second kappa shape index (κ2) is 6.86. The van der Waals surface area contributed by atoms with Crippen LogP contribution in [0.2, 0.25) is 0 Å². The Balaban J connectivity index is 3.49. The third-order valence-electron chi connectivity index (χ3n) is 1.59. The van der Waals surface area contributed by atoms with E-state index < -0.39 is 18.4 Å². The average molecular weight is 190 g/mol. The largest absolute Gasteiger partial charge is 0.479 e. The summed E-state index contributed by atoms with van der Waals surface area (Å²) in [4.78, 5) is 10.4. The summed E-state index contributed by atoms with van der Waals surface area (Å²) in [5, 5.41) is 8.52. The number of hydrogen-bond acceptors (Lipinski definition) is 3. The number of carbonyl (C=O) groups is 1. The van der Waals surface area contributed by atoms with Crippen molar-refractivity contribution in [2.45, 2.75) is 46.0 Å². The summed E-state index contributed by atoms with van der Waals surface area (Å²) < 4.78 is 10.3. The topological polar surface area (TPSA) is 55.8 Å². The second-order valence-corrected chi connectivity index (χ2v) is 2.91. The maximum Gasteiger partial charge on any atom is 0.332 e. The molecule has 0 saturated carbocycles. The van der Waals surface area contributed by atoms with Crippen LogP contribution < -0.4 is 0 Å². The van der Waals surface area contributed by atoms with Crippen LogP contribution in [0.25, 0.3) is 0 Å². The lowest BCUT2D eigenvalue weighted by Crippen LogP contribution is -2.26. The van der Waals surface area contributed by atoms with Gasteiger partial charge in [0.25, 0.3) is 0 Å². The van der Waals surface area contributed by atoms with Gasteiger partial charge in [-0.3, -0.25) is 0 Å². The van der Waals surface area contributed by atoms with Crippen LogP contribution in [0.3, 0.4) is 0 Å². The molecule has 4 nitrogen and oxygen atoms in total. The SMILES string of the molecule is CCCCO[C@@H](C)OC(C)C(=O)O. The molecule has 0 aliphatic rings. The van der Waals surface area contributed by atoms with Gasteiger partial charge in [-0.2, -0.15) is 0 Å². The van der Waals surface area contributed by atoms with Crippen molar-refractivity contribution in [3.05, 3.63) is 0 Å². The van der Waals surface area contributed by atoms with Crippen LogP contribution in [-0.2, 0) is 14.3 Å². The molecule has 0 aromatic rings. The van der Waals surface area contributed by atoms with Crippen LogP contribution in [-0.4, -0.2) is 30.1 Å². The molecule has 0 saturated heterocycles. The number of rotatable bonds is 7. The van der Waals surface area contributed by atoms with Gasteiger partial charge < -0.3 is 14.6 Å². The van der Waals surface area contributed by atoms with Crippen LogP contribution in [0.5, 0.6) is 0 Å². The Hall–Kier alpha value is -0.610. The van der Waals surface area contributed by atoms with E-state index in [4.69, 9.17) is 14.6 Å². The van der Waals surface area contributed by atoms with Crippen molar-refractivity contribution in [2.24, 2.45) is 0 Å². The van der Waals surface area contributed by atoms with Crippen molar-refractivity contribution in [1.82, 2.24) is 0 Å². The fourth-order valence-electron chi connectivity index (χ4n) is 0.779. The number of carboxylic acid groups (broad SMARTS) is 1. The van der Waals surface area contributed by atoms with Crippen molar-refractivity contribution < 1.29 is 19.4 Å². The van der Waals surface area contributed by atoms with E-state index >= 15 is 0 Å². The lowest BCUT2D eigenvalue weighted by molar-refractivity contribution is -0.181. The van der Waals surface area contributed by atoms with Gasteiger partial charge in [-0.25, -0.2) is 4.79 Å². The lowest BCUT2D eigenvalue weighted by Gasteiger charge is -2.16. The van der Waals surface area contributed by atoms with Crippen molar-refractivity contribution in [2.75, 3.05) is 6.61 Å². The highest BCUT2D eigenvalue weighted by Gasteiger charge is 2.14. The van der Waals surface area contributed by atoms with Gasteiger partial charge in [0, 0.05) is 6.61 Å². The molecular weight excluding hydrogens is 172 g/mol. The minimum Gasteiger partial charge on any atom is -0.479 e. The minimum atomic E-state index is -0.967. The molecule has 1 N–H and O–H groups in total. The zero-order chi connectivity index (χ0) is 10.3. The highest BCUT2D eigenvalue weighted by molar-refractivity contribution is 5.71. The summed E-state index contributed by atoms with van der Waals surface area (Å²) in [6, 6.07) is 0. The molecule has 0 aliphatic heterocycles. The predicted octanol–water partition coefficient (Wildman–Crippen LogP) is 1.64. The van der Waals surface area contributed by atoms with E-state index in [-0.39, 0.29) is 0 Å². The van der Waals surface area contributed by atoms with E-state index in [0.717, 1.165) is 12.8 Å². The fourth-order valence-corrected chi connectivity index (χ4v) is 0.779. The van der Waals surface area contributed by atoms with Crippen molar-refractivity contribution in [3.63, 3.8) is 0 Å². The monoisotopic (exact) mass is 190 g/mol. The number of ether oxygens (including phenoxy) is 2. The summed E-state index contributed by atoms with van der Waals surface area (Å²) in [5.41, 5.74) is 0. The smallest absolute Gasteiger partial charge is 0.332 e. The van der Waals surface area contributed by atoms with Gasteiger partial charge in [-0.15, -0.1) is 0 Å². The highest BCUT2D eigenvalue weighted by Crippen LogP contribution is 2.01. The number of hydrogen-bond donors (Lipinski definition) is 1. The first kappa shape index (κ1) is 12.4. The third kappa shape index (κ3) is 6.54. The molecule has 1 unspecified atom stereocenters. The van der Waals surface area contributed by atoms with Crippen LogP contribution in [0.15, 0.2) is 0 Å². The summed E-state index contributed by atoms with van der Waals surface area (Å²) in [6.45, 7) is 5.87. The van der Waals surface area contributed by atoms with E-state index in [2.05, 4.69) is 6.92 Å². The molecule has 0 spiro atoms. The summed E-state index contributed by atoms with van der Waals surface area (Å²) >= 11 is 0. The van der Waals surface area contributed by atoms with Gasteiger partial charge in [0.1, 0.15) is 0 Å². The Morgan fingerprint density at radius 3 is 2.54 bits per heavy atom. The average Bonchev–Trinajstić information content (AvgIpc) is 2.04. The molecule has 0 bridgehead atoms. The molecule has 0 fully saturated rings. The Bertz CT molecular complexity index is 147. The Kier molecular flexibility index (Phi) is 6.54. The second-order valence-electron chi connectivity index (χ2n) is 2.91. The maximum atomic E-state index is 10.4. The molecule has 4 heteroatoms. The first-order valence-electron chi connectivity index (χ1n) is 4.57. The van der Waals surface area contributed by atoms with Crippen molar-refractivity contribution in [1.29, 1.82) is 0 Å². The lowest BCUT2D eigenvalue weighted by atomic mass is 10.4. The van der Waals surface area contributed by atoms with Crippen molar-refractivity contribution in [3.8, 4) is 0 Å². The maximum absolute atomic E-state index is 10.4. The Labute approximate surface area is 78.8 Å². The zero-order valence-corrected chi connectivity index (χ0v) is 8.45. The Morgan fingerprint density at radius 1 is 1.46 bits per heavy atom. The van der Waals surface area contributed by atoms with Gasteiger partial charge in [0.15, 0.2) is 12.4 Å². The quantitative estimate of drug-likeness (QED) is 0.489. The normalized spacial score (nSPS) is 15.3. The minimum absolute atomic E-state index is 0.447. The van der Waals surface area contributed by atoms with Crippen LogP contribution in [0, 0.1) is 0 Å². The molecule has 0 heterocycles. The van der Waals surface area contributed by atoms with E-state index in [1.54, 1.807) is 6.92 Å². The molecule has 0 aromatic heterocycles. The number of aliphatic carboxylic acids is 1. The van der Waals surface area contributed by atoms with Crippen molar-refractivity contribution >= 4 is 5.97 Å². The van der Waals surface area contributed by atoms with Gasteiger partial charge in [0.2, 0.25) is 0 Å². The first-order chi connectivity index (χ1) is 6.07. The standard InChI is InChI=1S/C9H18O4/c1-4-5-6-12-8(3)13-7(2)9(10)11/h7-8H,4-6H2,1-3H3,(H,10,11)/t7?,8-/m1/s1. The Morgan fingerprint density at radius 2 is 2.08 bits per heavy atom. The summed E-state index contributed by atoms with van der Waals surface area (Å²) in [5.74, 6) is -0.967. The van der Waals surface area contributed by atoms with Gasteiger partial charge in [-0.05, 0) is 20.3 Å². The molecule has 0 amide bonds. The molecule has 2 atom stereocenters. The van der Waals surface area contributed by atoms with Gasteiger partial charge in [0.05, 0.1) is 0 Å². The molecule has 0 aliphatic carbocycles. The van der Waals surface area contributed by atoms with Crippen LogP contribution >= 0.6 is 0 Å². The van der Waals surface area contributed by atoms with E-state index in [1.807, 2.05) is 0 Å². The molecule has 78 valence electrons. The summed E-state index contributed by atoms with van der Waals surface area (Å²) in [6.07, 6.45) is 0.769. The van der Waals surface area contributed by atoms with Gasteiger partial charge >= 0.3 is 5.97 Å². The van der Waals surface area contributed by atoms with E-state index in [1.165, 1.54) is 6.92 Å². The molecule has 0 aromatic carbocycles. The molecule has 13 heavy (non-hydrogen) atoms. The predicted molar refractivity (Wildman–Crippen MR) is 48.5 cm³/mol.